The van der Waals surface area contributed by atoms with Crippen molar-refractivity contribution < 1.29 is 14.3 Å². The normalized spacial score (nSPS) is 14.2. The van der Waals surface area contributed by atoms with Gasteiger partial charge in [-0.15, -0.1) is 0 Å². The molecule has 2 aromatic rings. The van der Waals surface area contributed by atoms with E-state index in [1.54, 1.807) is 24.5 Å². The van der Waals surface area contributed by atoms with Gasteiger partial charge in [0.05, 0.1) is 19.2 Å². The van der Waals surface area contributed by atoms with Crippen molar-refractivity contribution in [2.75, 3.05) is 0 Å². The van der Waals surface area contributed by atoms with Crippen LogP contribution >= 0.6 is 0 Å². The fraction of sp³-hybridized carbons (Fsp3) is 0.312. The van der Waals surface area contributed by atoms with Gasteiger partial charge in [-0.1, -0.05) is 18.2 Å². The number of aromatic hydroxyl groups is 1. The Morgan fingerprint density at radius 3 is 2.70 bits per heavy atom. The van der Waals surface area contributed by atoms with Crippen LogP contribution in [0.4, 0.5) is 0 Å². The van der Waals surface area contributed by atoms with Gasteiger partial charge in [0.1, 0.15) is 11.5 Å². The van der Waals surface area contributed by atoms with Gasteiger partial charge < -0.3 is 14.4 Å². The summed E-state index contributed by atoms with van der Waals surface area (Å²) in [7, 11) is 0. The molecular formula is C16H17NO3. The van der Waals surface area contributed by atoms with Crippen molar-refractivity contribution in [3.05, 3.63) is 54.0 Å². The second-order valence-corrected chi connectivity index (χ2v) is 5.14. The summed E-state index contributed by atoms with van der Waals surface area (Å²) in [5.41, 5.74) is 0.669. The first-order valence-corrected chi connectivity index (χ1v) is 6.83. The first kappa shape index (κ1) is 12.8. The molecule has 1 fully saturated rings. The van der Waals surface area contributed by atoms with Crippen molar-refractivity contribution in [1.82, 2.24) is 4.90 Å². The number of amides is 1. The van der Waals surface area contributed by atoms with Gasteiger partial charge >= 0.3 is 0 Å². The molecule has 1 saturated carbocycles. The van der Waals surface area contributed by atoms with Gasteiger partial charge in [0, 0.05) is 11.6 Å². The lowest BCUT2D eigenvalue weighted by Crippen LogP contribution is -2.33. The summed E-state index contributed by atoms with van der Waals surface area (Å²) < 4.78 is 5.32. The van der Waals surface area contributed by atoms with Crippen LogP contribution in [-0.2, 0) is 17.8 Å². The second kappa shape index (κ2) is 5.41. The molecule has 0 saturated heterocycles. The van der Waals surface area contributed by atoms with E-state index in [9.17, 15) is 9.90 Å². The third-order valence-electron chi connectivity index (χ3n) is 3.55. The third kappa shape index (κ3) is 2.85. The SMILES string of the molecule is O=C(Cc1ccccc1O)N(Cc1ccco1)C1CC1. The van der Waals surface area contributed by atoms with E-state index in [1.807, 2.05) is 23.1 Å². The molecule has 1 heterocycles. The molecule has 0 radical (unpaired) electrons. The number of nitrogens with zero attached hydrogens (tertiary/aromatic N) is 1. The highest BCUT2D eigenvalue weighted by Gasteiger charge is 2.33. The number of benzene rings is 1. The topological polar surface area (TPSA) is 53.7 Å². The molecule has 1 aromatic heterocycles. The molecule has 1 N–H and O–H groups in total. The minimum atomic E-state index is 0.0328. The predicted octanol–water partition coefficient (Wildman–Crippen LogP) is 2.72. The lowest BCUT2D eigenvalue weighted by Gasteiger charge is -2.21. The van der Waals surface area contributed by atoms with Gasteiger partial charge in [-0.25, -0.2) is 0 Å². The first-order chi connectivity index (χ1) is 9.74. The van der Waals surface area contributed by atoms with Crippen LogP contribution in [0.5, 0.6) is 5.75 Å². The summed E-state index contributed by atoms with van der Waals surface area (Å²) >= 11 is 0. The minimum Gasteiger partial charge on any atom is -0.508 e. The van der Waals surface area contributed by atoms with Gasteiger partial charge in [-0.2, -0.15) is 0 Å². The van der Waals surface area contributed by atoms with Crippen LogP contribution in [0.1, 0.15) is 24.2 Å². The number of rotatable bonds is 5. The maximum Gasteiger partial charge on any atom is 0.227 e. The monoisotopic (exact) mass is 271 g/mol. The zero-order valence-electron chi connectivity index (χ0n) is 11.2. The number of para-hydroxylation sites is 1. The highest BCUT2D eigenvalue weighted by atomic mass is 16.3. The van der Waals surface area contributed by atoms with E-state index >= 15 is 0 Å². The summed E-state index contributed by atoms with van der Waals surface area (Å²) in [6, 6.07) is 11.0. The Morgan fingerprint density at radius 2 is 2.05 bits per heavy atom. The van der Waals surface area contributed by atoms with Crippen molar-refractivity contribution >= 4 is 5.91 Å². The summed E-state index contributed by atoms with van der Waals surface area (Å²) in [5, 5.41) is 9.76. The molecule has 1 aromatic carbocycles. The van der Waals surface area contributed by atoms with Gasteiger partial charge in [0.2, 0.25) is 5.91 Å². The molecule has 104 valence electrons. The molecule has 4 nitrogen and oxygen atoms in total. The number of phenols is 1. The molecule has 1 aliphatic carbocycles. The molecule has 0 spiro atoms. The molecule has 3 rings (SSSR count). The molecule has 0 unspecified atom stereocenters. The van der Waals surface area contributed by atoms with Crippen molar-refractivity contribution in [2.24, 2.45) is 0 Å². The van der Waals surface area contributed by atoms with E-state index < -0.39 is 0 Å². The standard InChI is InChI=1S/C16H17NO3/c18-15-6-2-1-4-12(15)10-16(19)17(13-7-8-13)11-14-5-3-9-20-14/h1-6,9,13,18H,7-8,10-11H2. The minimum absolute atomic E-state index is 0.0328. The Labute approximate surface area is 117 Å². The highest BCUT2D eigenvalue weighted by molar-refractivity contribution is 5.80. The Balaban J connectivity index is 1.71. The number of furan rings is 1. The average molecular weight is 271 g/mol. The van der Waals surface area contributed by atoms with Crippen LogP contribution in [0.25, 0.3) is 0 Å². The lowest BCUT2D eigenvalue weighted by molar-refractivity contribution is -0.132. The van der Waals surface area contributed by atoms with Gasteiger partial charge in [-0.05, 0) is 31.0 Å². The van der Waals surface area contributed by atoms with Crippen LogP contribution in [0.3, 0.4) is 0 Å². The summed E-state index contributed by atoms with van der Waals surface area (Å²) in [6.45, 7) is 0.504. The molecule has 0 bridgehead atoms. The molecule has 1 amide bonds. The molecule has 20 heavy (non-hydrogen) atoms. The first-order valence-electron chi connectivity index (χ1n) is 6.83. The summed E-state index contributed by atoms with van der Waals surface area (Å²) in [6.07, 6.45) is 3.94. The van der Waals surface area contributed by atoms with Gasteiger partial charge in [0.25, 0.3) is 0 Å². The van der Waals surface area contributed by atoms with Crippen molar-refractivity contribution in [1.29, 1.82) is 0 Å². The van der Waals surface area contributed by atoms with Crippen molar-refractivity contribution in [3.63, 3.8) is 0 Å². The van der Waals surface area contributed by atoms with Gasteiger partial charge in [0.15, 0.2) is 0 Å². The fourth-order valence-electron chi connectivity index (χ4n) is 2.30. The quantitative estimate of drug-likeness (QED) is 0.909. The Morgan fingerprint density at radius 1 is 1.25 bits per heavy atom. The lowest BCUT2D eigenvalue weighted by atomic mass is 10.1. The number of hydrogen-bond acceptors (Lipinski definition) is 3. The summed E-state index contributed by atoms with van der Waals surface area (Å²) in [5.74, 6) is 1.00. The smallest absolute Gasteiger partial charge is 0.227 e. The Bertz CT molecular complexity index is 588. The van der Waals surface area contributed by atoms with E-state index in [0.29, 0.717) is 18.2 Å². The number of carbonyl (C=O) groups excluding carboxylic acids is 1. The molecular weight excluding hydrogens is 254 g/mol. The van der Waals surface area contributed by atoms with E-state index in [1.165, 1.54) is 0 Å². The fourth-order valence-corrected chi connectivity index (χ4v) is 2.30. The van der Waals surface area contributed by atoms with Crippen molar-refractivity contribution in [3.8, 4) is 5.75 Å². The third-order valence-corrected chi connectivity index (χ3v) is 3.55. The van der Waals surface area contributed by atoms with E-state index in [0.717, 1.165) is 18.6 Å². The molecule has 0 atom stereocenters. The Hall–Kier alpha value is -2.23. The predicted molar refractivity (Wildman–Crippen MR) is 74.1 cm³/mol. The molecule has 4 heteroatoms. The van der Waals surface area contributed by atoms with E-state index in [2.05, 4.69) is 0 Å². The van der Waals surface area contributed by atoms with E-state index in [4.69, 9.17) is 4.42 Å². The van der Waals surface area contributed by atoms with E-state index in [-0.39, 0.29) is 18.1 Å². The van der Waals surface area contributed by atoms with Crippen LogP contribution in [0, 0.1) is 0 Å². The summed E-state index contributed by atoms with van der Waals surface area (Å²) in [4.78, 5) is 14.3. The largest absolute Gasteiger partial charge is 0.508 e. The molecule has 1 aliphatic rings. The second-order valence-electron chi connectivity index (χ2n) is 5.14. The van der Waals surface area contributed by atoms with Crippen molar-refractivity contribution in [2.45, 2.75) is 31.8 Å². The van der Waals surface area contributed by atoms with Gasteiger partial charge in [-0.3, -0.25) is 4.79 Å². The number of phenolic OH excluding ortho intramolecular Hbond substituents is 1. The number of hydrogen-bond donors (Lipinski definition) is 1. The zero-order chi connectivity index (χ0) is 13.9. The highest BCUT2D eigenvalue weighted by Crippen LogP contribution is 2.29. The molecule has 0 aliphatic heterocycles. The van der Waals surface area contributed by atoms with Crippen LogP contribution in [0.2, 0.25) is 0 Å². The maximum atomic E-state index is 12.4. The van der Waals surface area contributed by atoms with Crippen LogP contribution in [0.15, 0.2) is 47.1 Å². The number of carbonyl (C=O) groups is 1. The average Bonchev–Trinajstić information content (AvgIpc) is 3.15. The maximum absolute atomic E-state index is 12.4. The zero-order valence-corrected chi connectivity index (χ0v) is 11.2. The Kier molecular flexibility index (Phi) is 3.46. The van der Waals surface area contributed by atoms with Crippen LogP contribution < -0.4 is 0 Å². The van der Waals surface area contributed by atoms with Crippen LogP contribution in [-0.4, -0.2) is 22.0 Å².